The zero-order valence-corrected chi connectivity index (χ0v) is 8.48. The third kappa shape index (κ3) is 1.20. The molecule has 72 valence electrons. The molecule has 2 rings (SSSR count). The molecule has 0 amide bonds. The highest BCUT2D eigenvalue weighted by Crippen LogP contribution is 2.55. The fourth-order valence-corrected chi connectivity index (χ4v) is 2.20. The second-order valence-corrected chi connectivity index (χ2v) is 4.22. The number of benzene rings is 1. The van der Waals surface area contributed by atoms with Crippen LogP contribution < -0.4 is 0 Å². The average Bonchev–Trinajstić information content (AvgIpc) is 2.78. The van der Waals surface area contributed by atoms with Gasteiger partial charge in [0, 0.05) is 5.02 Å². The molecule has 2 unspecified atom stereocenters. The predicted octanol–water partition coefficient (Wildman–Crippen LogP) is 3.28. The van der Waals surface area contributed by atoms with Gasteiger partial charge in [0.25, 0.3) is 0 Å². The number of nitrogens with zero attached hydrogens (tertiary/aromatic N) is 1. The van der Waals surface area contributed by atoms with Crippen LogP contribution in [0.3, 0.4) is 0 Å². The molecule has 0 heterocycles. The van der Waals surface area contributed by atoms with E-state index in [9.17, 15) is 4.39 Å². The van der Waals surface area contributed by atoms with Crippen molar-refractivity contribution in [2.75, 3.05) is 0 Å². The highest BCUT2D eigenvalue weighted by atomic mass is 35.5. The molecule has 14 heavy (non-hydrogen) atoms. The minimum Gasteiger partial charge on any atom is -0.207 e. The molecule has 1 nitrogen and oxygen atoms in total. The predicted molar refractivity (Wildman–Crippen MR) is 52.5 cm³/mol. The van der Waals surface area contributed by atoms with Crippen LogP contribution in [0.15, 0.2) is 18.2 Å². The molecular weight excluding hydrogens is 201 g/mol. The van der Waals surface area contributed by atoms with E-state index in [0.29, 0.717) is 10.9 Å². The maximum atomic E-state index is 12.8. The first-order valence-electron chi connectivity index (χ1n) is 4.47. The molecule has 1 fully saturated rings. The minimum atomic E-state index is -0.467. The van der Waals surface area contributed by atoms with Gasteiger partial charge >= 0.3 is 0 Å². The topological polar surface area (TPSA) is 23.8 Å². The summed E-state index contributed by atoms with van der Waals surface area (Å²) in [6.45, 7) is 2.00. The van der Waals surface area contributed by atoms with E-state index in [4.69, 9.17) is 16.9 Å². The van der Waals surface area contributed by atoms with Crippen molar-refractivity contribution in [1.29, 1.82) is 5.26 Å². The molecule has 0 bridgehead atoms. The SMILES string of the molecule is CC1CC1(C#N)c1ccc(F)cc1Cl. The van der Waals surface area contributed by atoms with Gasteiger partial charge in [-0.3, -0.25) is 0 Å². The van der Waals surface area contributed by atoms with Crippen molar-refractivity contribution < 1.29 is 4.39 Å². The summed E-state index contributed by atoms with van der Waals surface area (Å²) in [6, 6.07) is 6.50. The van der Waals surface area contributed by atoms with Gasteiger partial charge in [-0.2, -0.15) is 5.26 Å². The molecule has 2 atom stereocenters. The fourth-order valence-electron chi connectivity index (χ4n) is 1.87. The standard InChI is InChI=1S/C11H9ClFN/c1-7-5-11(7,6-14)9-3-2-8(13)4-10(9)12/h2-4,7H,5H2,1H3. The number of hydrogen-bond acceptors (Lipinski definition) is 1. The van der Waals surface area contributed by atoms with Crippen molar-refractivity contribution in [3.63, 3.8) is 0 Å². The van der Waals surface area contributed by atoms with Gasteiger partial charge in [0.2, 0.25) is 0 Å². The summed E-state index contributed by atoms with van der Waals surface area (Å²) >= 11 is 5.91. The molecule has 0 radical (unpaired) electrons. The van der Waals surface area contributed by atoms with Crippen molar-refractivity contribution in [1.82, 2.24) is 0 Å². The van der Waals surface area contributed by atoms with Gasteiger partial charge in [0.1, 0.15) is 5.82 Å². The summed E-state index contributed by atoms with van der Waals surface area (Å²) in [5.41, 5.74) is 0.292. The van der Waals surface area contributed by atoms with E-state index in [-0.39, 0.29) is 5.82 Å². The lowest BCUT2D eigenvalue weighted by molar-refractivity contribution is 0.626. The van der Waals surface area contributed by atoms with E-state index in [1.165, 1.54) is 12.1 Å². The lowest BCUT2D eigenvalue weighted by Crippen LogP contribution is -2.06. The first-order chi connectivity index (χ1) is 6.60. The van der Waals surface area contributed by atoms with Crippen LogP contribution >= 0.6 is 11.6 Å². The normalized spacial score (nSPS) is 29.7. The zero-order valence-electron chi connectivity index (χ0n) is 7.72. The molecule has 0 spiro atoms. The summed E-state index contributed by atoms with van der Waals surface area (Å²) in [4.78, 5) is 0. The Labute approximate surface area is 87.1 Å². The minimum absolute atomic E-state index is 0.315. The van der Waals surface area contributed by atoms with Crippen molar-refractivity contribution in [2.24, 2.45) is 5.92 Å². The van der Waals surface area contributed by atoms with Gasteiger partial charge in [0.05, 0.1) is 11.5 Å². The zero-order chi connectivity index (χ0) is 10.3. The second kappa shape index (κ2) is 2.96. The van der Waals surface area contributed by atoms with Crippen molar-refractivity contribution in [2.45, 2.75) is 18.8 Å². The quantitative estimate of drug-likeness (QED) is 0.697. The first kappa shape index (κ1) is 9.48. The second-order valence-electron chi connectivity index (χ2n) is 3.81. The van der Waals surface area contributed by atoms with Crippen LogP contribution in [-0.2, 0) is 5.41 Å². The average molecular weight is 210 g/mol. The van der Waals surface area contributed by atoms with Gasteiger partial charge in [0.15, 0.2) is 0 Å². The van der Waals surface area contributed by atoms with E-state index in [1.807, 2.05) is 6.92 Å². The monoisotopic (exact) mass is 209 g/mol. The number of nitriles is 1. The molecule has 1 aromatic rings. The van der Waals surface area contributed by atoms with Crippen LogP contribution in [0.2, 0.25) is 5.02 Å². The molecular formula is C11H9ClFN. The van der Waals surface area contributed by atoms with Crippen molar-refractivity contribution >= 4 is 11.6 Å². The lowest BCUT2D eigenvalue weighted by Gasteiger charge is -2.09. The Morgan fingerprint density at radius 2 is 2.29 bits per heavy atom. The van der Waals surface area contributed by atoms with Crippen LogP contribution in [0, 0.1) is 23.1 Å². The van der Waals surface area contributed by atoms with Gasteiger partial charge in [-0.25, -0.2) is 4.39 Å². The Balaban J connectivity index is 2.49. The molecule has 0 saturated heterocycles. The van der Waals surface area contributed by atoms with E-state index in [1.54, 1.807) is 6.07 Å². The number of hydrogen-bond donors (Lipinski definition) is 0. The third-order valence-corrected chi connectivity index (χ3v) is 3.23. The Morgan fingerprint density at radius 1 is 1.64 bits per heavy atom. The lowest BCUT2D eigenvalue weighted by atomic mass is 9.95. The Bertz CT molecular complexity index is 424. The molecule has 3 heteroatoms. The molecule has 1 saturated carbocycles. The van der Waals surface area contributed by atoms with Gasteiger partial charge in [-0.05, 0) is 30.0 Å². The molecule has 0 aliphatic heterocycles. The molecule has 1 aromatic carbocycles. The van der Waals surface area contributed by atoms with Crippen molar-refractivity contribution in [3.05, 3.63) is 34.6 Å². The summed E-state index contributed by atoms with van der Waals surface area (Å²) in [5.74, 6) is -0.0457. The number of rotatable bonds is 1. The Morgan fingerprint density at radius 3 is 2.71 bits per heavy atom. The van der Waals surface area contributed by atoms with Gasteiger partial charge < -0.3 is 0 Å². The smallest absolute Gasteiger partial charge is 0.124 e. The Kier molecular flexibility index (Phi) is 2.01. The van der Waals surface area contributed by atoms with Crippen LogP contribution in [0.4, 0.5) is 4.39 Å². The highest BCUT2D eigenvalue weighted by Gasteiger charge is 2.54. The maximum Gasteiger partial charge on any atom is 0.124 e. The van der Waals surface area contributed by atoms with Crippen LogP contribution in [0.5, 0.6) is 0 Å². The first-order valence-corrected chi connectivity index (χ1v) is 4.85. The van der Waals surface area contributed by atoms with Crippen LogP contribution in [0.25, 0.3) is 0 Å². The molecule has 0 N–H and O–H groups in total. The van der Waals surface area contributed by atoms with Crippen LogP contribution in [-0.4, -0.2) is 0 Å². The fraction of sp³-hybridized carbons (Fsp3) is 0.364. The number of halogens is 2. The van der Waals surface area contributed by atoms with E-state index in [0.717, 1.165) is 12.0 Å². The van der Waals surface area contributed by atoms with Gasteiger partial charge in [-0.1, -0.05) is 24.6 Å². The Hall–Kier alpha value is -1.07. The van der Waals surface area contributed by atoms with Crippen molar-refractivity contribution in [3.8, 4) is 6.07 Å². The molecule has 1 aliphatic carbocycles. The largest absolute Gasteiger partial charge is 0.207 e. The van der Waals surface area contributed by atoms with Crippen LogP contribution in [0.1, 0.15) is 18.9 Å². The third-order valence-electron chi connectivity index (χ3n) is 2.92. The maximum absolute atomic E-state index is 12.8. The van der Waals surface area contributed by atoms with E-state index >= 15 is 0 Å². The molecule has 0 aromatic heterocycles. The summed E-state index contributed by atoms with van der Waals surface area (Å²) in [6.07, 6.45) is 0.814. The van der Waals surface area contributed by atoms with E-state index in [2.05, 4.69) is 6.07 Å². The highest BCUT2D eigenvalue weighted by molar-refractivity contribution is 6.31. The van der Waals surface area contributed by atoms with Gasteiger partial charge in [-0.15, -0.1) is 0 Å². The summed E-state index contributed by atoms with van der Waals surface area (Å²) < 4.78 is 12.8. The molecule has 1 aliphatic rings. The van der Waals surface area contributed by atoms with E-state index < -0.39 is 5.41 Å². The summed E-state index contributed by atoms with van der Waals surface area (Å²) in [7, 11) is 0. The summed E-state index contributed by atoms with van der Waals surface area (Å²) in [5, 5.41) is 9.43.